The van der Waals surface area contributed by atoms with Gasteiger partial charge in [-0.05, 0) is 25.7 Å². The molecule has 19 heavy (non-hydrogen) atoms. The second kappa shape index (κ2) is 6.88. The van der Waals surface area contributed by atoms with Crippen LogP contribution in [0.4, 0.5) is 0 Å². The molecule has 0 spiro atoms. The molecule has 5 nitrogen and oxygen atoms in total. The minimum absolute atomic E-state index is 0.0325. The number of rotatable bonds is 3. The summed E-state index contributed by atoms with van der Waals surface area (Å²) in [6.07, 6.45) is 4.07. The lowest BCUT2D eigenvalue weighted by atomic mass is 10.1. The first-order valence-corrected chi connectivity index (χ1v) is 7.41. The Morgan fingerprint density at radius 2 is 2.11 bits per heavy atom. The fourth-order valence-corrected chi connectivity index (χ4v) is 3.06. The molecular formula is C14H24N4O. The molecule has 1 amide bonds. The van der Waals surface area contributed by atoms with E-state index in [1.165, 1.54) is 0 Å². The van der Waals surface area contributed by atoms with E-state index in [4.69, 9.17) is 5.26 Å². The highest BCUT2D eigenvalue weighted by molar-refractivity contribution is 5.81. The maximum absolute atomic E-state index is 12.0. The Bertz CT molecular complexity index is 344. The third kappa shape index (κ3) is 3.46. The van der Waals surface area contributed by atoms with Crippen LogP contribution in [0.2, 0.25) is 0 Å². The van der Waals surface area contributed by atoms with Gasteiger partial charge in [0, 0.05) is 32.7 Å². The van der Waals surface area contributed by atoms with E-state index in [2.05, 4.69) is 28.1 Å². The van der Waals surface area contributed by atoms with Crippen molar-refractivity contribution in [3.8, 4) is 6.07 Å². The van der Waals surface area contributed by atoms with E-state index < -0.39 is 0 Å². The molecule has 2 saturated heterocycles. The fourth-order valence-electron chi connectivity index (χ4n) is 3.06. The van der Waals surface area contributed by atoms with Gasteiger partial charge in [-0.25, -0.2) is 0 Å². The van der Waals surface area contributed by atoms with Crippen molar-refractivity contribution < 1.29 is 4.79 Å². The third-order valence-electron chi connectivity index (χ3n) is 4.27. The van der Waals surface area contributed by atoms with Gasteiger partial charge in [-0.15, -0.1) is 0 Å². The van der Waals surface area contributed by atoms with Crippen LogP contribution in [0.3, 0.4) is 0 Å². The van der Waals surface area contributed by atoms with Gasteiger partial charge in [-0.2, -0.15) is 5.26 Å². The number of hydrogen-bond donors (Lipinski definition) is 1. The highest BCUT2D eigenvalue weighted by Crippen LogP contribution is 2.16. The molecule has 2 aliphatic rings. The molecule has 0 aromatic rings. The second-order valence-electron chi connectivity index (χ2n) is 5.43. The van der Waals surface area contributed by atoms with Gasteiger partial charge in [-0.1, -0.05) is 6.92 Å². The van der Waals surface area contributed by atoms with Gasteiger partial charge in [0.2, 0.25) is 5.91 Å². The van der Waals surface area contributed by atoms with Gasteiger partial charge < -0.3 is 5.32 Å². The summed E-state index contributed by atoms with van der Waals surface area (Å²) >= 11 is 0. The zero-order valence-electron chi connectivity index (χ0n) is 11.8. The summed E-state index contributed by atoms with van der Waals surface area (Å²) in [4.78, 5) is 16.6. The van der Waals surface area contributed by atoms with Crippen molar-refractivity contribution in [1.82, 2.24) is 15.1 Å². The first-order valence-electron chi connectivity index (χ1n) is 7.41. The molecule has 0 radical (unpaired) electrons. The lowest BCUT2D eigenvalue weighted by molar-refractivity contribution is -0.127. The molecule has 0 aliphatic carbocycles. The molecule has 5 heteroatoms. The van der Waals surface area contributed by atoms with Crippen molar-refractivity contribution in [2.75, 3.05) is 32.7 Å². The Morgan fingerprint density at radius 3 is 2.74 bits per heavy atom. The Kier molecular flexibility index (Phi) is 5.17. The number of hydrogen-bond acceptors (Lipinski definition) is 4. The van der Waals surface area contributed by atoms with Crippen molar-refractivity contribution >= 4 is 5.91 Å². The number of carbonyl (C=O) groups is 1. The zero-order valence-corrected chi connectivity index (χ0v) is 11.8. The largest absolute Gasteiger partial charge is 0.355 e. The average molecular weight is 264 g/mol. The summed E-state index contributed by atoms with van der Waals surface area (Å²) in [5.41, 5.74) is 0. The molecule has 2 aliphatic heterocycles. The Morgan fingerprint density at radius 1 is 1.37 bits per heavy atom. The van der Waals surface area contributed by atoms with Crippen LogP contribution in [0.5, 0.6) is 0 Å². The summed E-state index contributed by atoms with van der Waals surface area (Å²) in [5, 5.41) is 12.1. The molecular weight excluding hydrogens is 240 g/mol. The Hall–Kier alpha value is -1.12. The van der Waals surface area contributed by atoms with Crippen LogP contribution in [0.1, 0.15) is 32.6 Å². The van der Waals surface area contributed by atoms with Crippen LogP contribution < -0.4 is 5.32 Å². The predicted octanol–water partition coefficient (Wildman–Crippen LogP) is 0.575. The summed E-state index contributed by atoms with van der Waals surface area (Å²) in [7, 11) is 0. The summed E-state index contributed by atoms with van der Waals surface area (Å²) in [6, 6.07) is 2.44. The average Bonchev–Trinajstić information content (AvgIpc) is 2.66. The standard InChI is InChI=1S/C14H24N4O/c1-2-12(11-15)17-7-9-18(10-8-17)13-5-3-4-6-16-14(13)19/h12-13H,2-10H2,1H3,(H,16,19). The first kappa shape index (κ1) is 14.3. The molecule has 2 heterocycles. The van der Waals surface area contributed by atoms with Crippen molar-refractivity contribution in [3.63, 3.8) is 0 Å². The number of nitrogens with zero attached hydrogens (tertiary/aromatic N) is 3. The molecule has 2 rings (SSSR count). The maximum atomic E-state index is 12.0. The molecule has 0 bridgehead atoms. The Balaban J connectivity index is 1.88. The molecule has 0 aromatic heterocycles. The van der Waals surface area contributed by atoms with E-state index in [0.29, 0.717) is 0 Å². The molecule has 106 valence electrons. The van der Waals surface area contributed by atoms with Crippen LogP contribution in [0.15, 0.2) is 0 Å². The van der Waals surface area contributed by atoms with Crippen LogP contribution in [0.25, 0.3) is 0 Å². The van der Waals surface area contributed by atoms with Crippen molar-refractivity contribution in [1.29, 1.82) is 5.26 Å². The van der Waals surface area contributed by atoms with Gasteiger partial charge >= 0.3 is 0 Å². The molecule has 0 saturated carbocycles. The summed E-state index contributed by atoms with van der Waals surface area (Å²) in [5.74, 6) is 0.193. The van der Waals surface area contributed by atoms with E-state index in [-0.39, 0.29) is 18.0 Å². The second-order valence-corrected chi connectivity index (χ2v) is 5.43. The van der Waals surface area contributed by atoms with Crippen molar-refractivity contribution in [2.24, 2.45) is 0 Å². The van der Waals surface area contributed by atoms with Crippen LogP contribution in [-0.4, -0.2) is 60.5 Å². The number of piperazine rings is 1. The smallest absolute Gasteiger partial charge is 0.237 e. The van der Waals surface area contributed by atoms with E-state index in [9.17, 15) is 4.79 Å². The SMILES string of the molecule is CCC(C#N)N1CCN(C2CCCCNC2=O)CC1. The summed E-state index contributed by atoms with van der Waals surface area (Å²) in [6.45, 7) is 6.47. The van der Waals surface area contributed by atoms with Gasteiger partial charge in [0.05, 0.1) is 18.2 Å². The number of amides is 1. The minimum Gasteiger partial charge on any atom is -0.355 e. The molecule has 2 unspecified atom stereocenters. The molecule has 0 aromatic carbocycles. The number of carbonyl (C=O) groups excluding carboxylic acids is 1. The van der Waals surface area contributed by atoms with Crippen LogP contribution in [0, 0.1) is 11.3 Å². The highest BCUT2D eigenvalue weighted by atomic mass is 16.2. The third-order valence-corrected chi connectivity index (χ3v) is 4.27. The first-order chi connectivity index (χ1) is 9.26. The summed E-state index contributed by atoms with van der Waals surface area (Å²) < 4.78 is 0. The lowest BCUT2D eigenvalue weighted by Gasteiger charge is -2.39. The van der Waals surface area contributed by atoms with E-state index in [0.717, 1.165) is 58.4 Å². The normalized spacial score (nSPS) is 28.2. The van der Waals surface area contributed by atoms with E-state index in [1.807, 2.05) is 0 Å². The molecule has 1 N–H and O–H groups in total. The zero-order chi connectivity index (χ0) is 13.7. The lowest BCUT2D eigenvalue weighted by Crippen LogP contribution is -2.56. The van der Waals surface area contributed by atoms with Crippen molar-refractivity contribution in [2.45, 2.75) is 44.7 Å². The van der Waals surface area contributed by atoms with Crippen molar-refractivity contribution in [3.05, 3.63) is 0 Å². The number of nitrogens with one attached hydrogen (secondary N) is 1. The Labute approximate surface area is 115 Å². The van der Waals surface area contributed by atoms with Gasteiger partial charge in [0.1, 0.15) is 0 Å². The highest BCUT2D eigenvalue weighted by Gasteiger charge is 2.31. The van der Waals surface area contributed by atoms with Crippen LogP contribution in [-0.2, 0) is 4.79 Å². The molecule has 2 atom stereocenters. The fraction of sp³-hybridized carbons (Fsp3) is 0.857. The van der Waals surface area contributed by atoms with Gasteiger partial charge in [0.15, 0.2) is 0 Å². The molecule has 2 fully saturated rings. The van der Waals surface area contributed by atoms with E-state index in [1.54, 1.807) is 0 Å². The quantitative estimate of drug-likeness (QED) is 0.810. The van der Waals surface area contributed by atoms with E-state index >= 15 is 0 Å². The minimum atomic E-state index is 0.0325. The monoisotopic (exact) mass is 264 g/mol. The van der Waals surface area contributed by atoms with Gasteiger partial charge in [0.25, 0.3) is 0 Å². The number of nitriles is 1. The maximum Gasteiger partial charge on any atom is 0.237 e. The van der Waals surface area contributed by atoms with Crippen LogP contribution >= 0.6 is 0 Å². The van der Waals surface area contributed by atoms with Gasteiger partial charge in [-0.3, -0.25) is 14.6 Å². The topological polar surface area (TPSA) is 59.4 Å². The predicted molar refractivity (Wildman–Crippen MR) is 73.5 cm³/mol.